The first kappa shape index (κ1) is 13.8. The van der Waals surface area contributed by atoms with Crippen LogP contribution in [0.15, 0.2) is 24.3 Å². The standard InChI is InChI=1S/C14H20N2O3/c1-18-6-7-19-13-5-3-2-4-12(13)14(17)16-10-11-8-15-9-11/h2-5,11,15H,6-10H2,1H3,(H,16,17). The summed E-state index contributed by atoms with van der Waals surface area (Å²) < 4.78 is 10.5. The molecule has 5 heteroatoms. The second-order valence-corrected chi connectivity index (χ2v) is 4.57. The van der Waals surface area contributed by atoms with Crippen LogP contribution in [0.2, 0.25) is 0 Å². The summed E-state index contributed by atoms with van der Waals surface area (Å²) in [5, 5.41) is 6.12. The predicted octanol–water partition coefficient (Wildman–Crippen LogP) is 0.661. The van der Waals surface area contributed by atoms with Crippen molar-refractivity contribution in [1.29, 1.82) is 0 Å². The Balaban J connectivity index is 1.90. The van der Waals surface area contributed by atoms with Gasteiger partial charge in [-0.25, -0.2) is 0 Å². The van der Waals surface area contributed by atoms with Gasteiger partial charge in [0.15, 0.2) is 0 Å². The van der Waals surface area contributed by atoms with Crippen LogP contribution >= 0.6 is 0 Å². The second kappa shape index (κ2) is 7.11. The third kappa shape index (κ3) is 3.94. The number of methoxy groups -OCH3 is 1. The van der Waals surface area contributed by atoms with E-state index in [1.807, 2.05) is 12.1 Å². The quantitative estimate of drug-likeness (QED) is 0.710. The van der Waals surface area contributed by atoms with Crippen molar-refractivity contribution in [2.24, 2.45) is 5.92 Å². The highest BCUT2D eigenvalue weighted by molar-refractivity contribution is 5.96. The van der Waals surface area contributed by atoms with Crippen molar-refractivity contribution in [1.82, 2.24) is 10.6 Å². The summed E-state index contributed by atoms with van der Waals surface area (Å²) in [6, 6.07) is 7.27. The van der Waals surface area contributed by atoms with E-state index in [1.54, 1.807) is 19.2 Å². The molecule has 0 aromatic heterocycles. The number of rotatable bonds is 7. The second-order valence-electron chi connectivity index (χ2n) is 4.57. The number of benzene rings is 1. The molecule has 0 aliphatic carbocycles. The number of carbonyl (C=O) groups excluding carboxylic acids is 1. The van der Waals surface area contributed by atoms with Gasteiger partial charge in [-0.15, -0.1) is 0 Å². The molecule has 0 atom stereocenters. The normalized spacial score (nSPS) is 14.8. The number of hydrogen-bond acceptors (Lipinski definition) is 4. The van der Waals surface area contributed by atoms with Gasteiger partial charge in [-0.1, -0.05) is 12.1 Å². The van der Waals surface area contributed by atoms with Gasteiger partial charge in [0.05, 0.1) is 12.2 Å². The van der Waals surface area contributed by atoms with Crippen LogP contribution in [0.5, 0.6) is 5.75 Å². The number of ether oxygens (including phenoxy) is 2. The smallest absolute Gasteiger partial charge is 0.255 e. The summed E-state index contributed by atoms with van der Waals surface area (Å²) in [4.78, 5) is 12.1. The van der Waals surface area contributed by atoms with Gasteiger partial charge in [0.2, 0.25) is 0 Å². The van der Waals surface area contributed by atoms with E-state index in [-0.39, 0.29) is 5.91 Å². The van der Waals surface area contributed by atoms with E-state index in [9.17, 15) is 4.79 Å². The van der Waals surface area contributed by atoms with Gasteiger partial charge in [-0.05, 0) is 12.1 Å². The maximum atomic E-state index is 12.1. The molecule has 0 unspecified atom stereocenters. The summed E-state index contributed by atoms with van der Waals surface area (Å²) in [7, 11) is 1.62. The van der Waals surface area contributed by atoms with Crippen LogP contribution in [0.3, 0.4) is 0 Å². The van der Waals surface area contributed by atoms with Gasteiger partial charge >= 0.3 is 0 Å². The Morgan fingerprint density at radius 3 is 2.84 bits per heavy atom. The maximum Gasteiger partial charge on any atom is 0.255 e. The average molecular weight is 264 g/mol. The van der Waals surface area contributed by atoms with Crippen LogP contribution in [0.25, 0.3) is 0 Å². The van der Waals surface area contributed by atoms with Gasteiger partial charge in [0.1, 0.15) is 12.4 Å². The van der Waals surface area contributed by atoms with Crippen molar-refractivity contribution in [2.75, 3.05) is 40.0 Å². The molecule has 5 nitrogen and oxygen atoms in total. The Hall–Kier alpha value is -1.59. The Labute approximate surface area is 113 Å². The molecule has 0 bridgehead atoms. The molecule has 19 heavy (non-hydrogen) atoms. The fourth-order valence-electron chi connectivity index (χ4n) is 1.84. The van der Waals surface area contributed by atoms with E-state index in [1.165, 1.54) is 0 Å². The molecule has 0 radical (unpaired) electrons. The molecule has 1 heterocycles. The highest BCUT2D eigenvalue weighted by atomic mass is 16.5. The lowest BCUT2D eigenvalue weighted by atomic mass is 10.0. The zero-order valence-corrected chi connectivity index (χ0v) is 11.1. The van der Waals surface area contributed by atoms with E-state index < -0.39 is 0 Å². The Bertz CT molecular complexity index is 419. The van der Waals surface area contributed by atoms with Crippen LogP contribution < -0.4 is 15.4 Å². The monoisotopic (exact) mass is 264 g/mol. The lowest BCUT2D eigenvalue weighted by Crippen LogP contribution is -2.48. The molecule has 2 N–H and O–H groups in total. The lowest BCUT2D eigenvalue weighted by Gasteiger charge is -2.27. The van der Waals surface area contributed by atoms with Crippen LogP contribution in [0, 0.1) is 5.92 Å². The van der Waals surface area contributed by atoms with E-state index >= 15 is 0 Å². The van der Waals surface area contributed by atoms with Gasteiger partial charge in [0, 0.05) is 32.7 Å². The van der Waals surface area contributed by atoms with Gasteiger partial charge in [-0.3, -0.25) is 4.79 Å². The summed E-state index contributed by atoms with van der Waals surface area (Å²) >= 11 is 0. The van der Waals surface area contributed by atoms with Crippen LogP contribution in [0.1, 0.15) is 10.4 Å². The van der Waals surface area contributed by atoms with Crippen molar-refractivity contribution in [3.05, 3.63) is 29.8 Å². The van der Waals surface area contributed by atoms with Crippen molar-refractivity contribution < 1.29 is 14.3 Å². The fraction of sp³-hybridized carbons (Fsp3) is 0.500. The van der Waals surface area contributed by atoms with E-state index in [2.05, 4.69) is 10.6 Å². The molecule has 1 fully saturated rings. The molecule has 2 rings (SSSR count). The Morgan fingerprint density at radius 1 is 1.37 bits per heavy atom. The largest absolute Gasteiger partial charge is 0.490 e. The minimum atomic E-state index is -0.0834. The van der Waals surface area contributed by atoms with Gasteiger partial charge < -0.3 is 20.1 Å². The van der Waals surface area contributed by atoms with Crippen molar-refractivity contribution >= 4 is 5.91 Å². The van der Waals surface area contributed by atoms with Crippen LogP contribution in [0.4, 0.5) is 0 Å². The first-order chi connectivity index (χ1) is 9.31. The SMILES string of the molecule is COCCOc1ccccc1C(=O)NCC1CNC1. The molecule has 1 aromatic carbocycles. The van der Waals surface area contributed by atoms with Crippen LogP contribution in [-0.4, -0.2) is 45.9 Å². The molecular weight excluding hydrogens is 244 g/mol. The van der Waals surface area contributed by atoms with E-state index in [4.69, 9.17) is 9.47 Å². The minimum Gasteiger partial charge on any atom is -0.490 e. The molecular formula is C14H20N2O3. The van der Waals surface area contributed by atoms with Crippen molar-refractivity contribution in [3.8, 4) is 5.75 Å². The topological polar surface area (TPSA) is 59.6 Å². The Kier molecular flexibility index (Phi) is 5.18. The fourth-order valence-corrected chi connectivity index (χ4v) is 1.84. The molecule has 104 valence electrons. The first-order valence-electron chi connectivity index (χ1n) is 6.51. The summed E-state index contributed by atoms with van der Waals surface area (Å²) in [5.74, 6) is 1.06. The van der Waals surface area contributed by atoms with Gasteiger partial charge in [-0.2, -0.15) is 0 Å². The third-order valence-corrected chi connectivity index (χ3v) is 3.09. The average Bonchev–Trinajstić information content (AvgIpc) is 2.37. The summed E-state index contributed by atoms with van der Waals surface area (Å²) in [5.41, 5.74) is 0.575. The minimum absolute atomic E-state index is 0.0834. The zero-order chi connectivity index (χ0) is 13.5. The molecule has 1 amide bonds. The number of carbonyl (C=O) groups is 1. The van der Waals surface area contributed by atoms with Crippen molar-refractivity contribution in [3.63, 3.8) is 0 Å². The predicted molar refractivity (Wildman–Crippen MR) is 72.5 cm³/mol. The molecule has 1 aliphatic heterocycles. The van der Waals surface area contributed by atoms with E-state index in [0.29, 0.717) is 37.0 Å². The highest BCUT2D eigenvalue weighted by Crippen LogP contribution is 2.17. The lowest BCUT2D eigenvalue weighted by molar-refractivity contribution is 0.0934. The summed E-state index contributed by atoms with van der Waals surface area (Å²) in [6.45, 7) is 3.60. The number of amides is 1. The molecule has 1 saturated heterocycles. The molecule has 1 aromatic rings. The number of para-hydroxylation sites is 1. The molecule has 0 saturated carbocycles. The third-order valence-electron chi connectivity index (χ3n) is 3.09. The summed E-state index contributed by atoms with van der Waals surface area (Å²) in [6.07, 6.45) is 0. The maximum absolute atomic E-state index is 12.1. The number of nitrogens with one attached hydrogen (secondary N) is 2. The number of hydrogen-bond donors (Lipinski definition) is 2. The highest BCUT2D eigenvalue weighted by Gasteiger charge is 2.18. The first-order valence-corrected chi connectivity index (χ1v) is 6.51. The molecule has 0 spiro atoms. The molecule has 1 aliphatic rings. The van der Waals surface area contributed by atoms with Crippen LogP contribution in [-0.2, 0) is 4.74 Å². The van der Waals surface area contributed by atoms with Gasteiger partial charge in [0.25, 0.3) is 5.91 Å². The van der Waals surface area contributed by atoms with E-state index in [0.717, 1.165) is 13.1 Å². The van der Waals surface area contributed by atoms with Crippen molar-refractivity contribution in [2.45, 2.75) is 0 Å². The zero-order valence-electron chi connectivity index (χ0n) is 11.1. The Morgan fingerprint density at radius 2 is 2.16 bits per heavy atom.